The van der Waals surface area contributed by atoms with E-state index in [4.69, 9.17) is 4.74 Å². The monoisotopic (exact) mass is 447 g/mol. The number of nitrogens with zero attached hydrogens (tertiary/aromatic N) is 4. The van der Waals surface area contributed by atoms with Gasteiger partial charge in [0.05, 0.1) is 10.5 Å². The van der Waals surface area contributed by atoms with Crippen molar-refractivity contribution in [2.75, 3.05) is 11.9 Å². The van der Waals surface area contributed by atoms with Crippen molar-refractivity contribution >= 4 is 35.1 Å². The molecule has 0 saturated carbocycles. The van der Waals surface area contributed by atoms with E-state index in [0.717, 1.165) is 17.5 Å². The summed E-state index contributed by atoms with van der Waals surface area (Å²) in [6.07, 6.45) is 0. The molecule has 0 aliphatic carbocycles. The van der Waals surface area contributed by atoms with Crippen LogP contribution in [0.1, 0.15) is 32.1 Å². The fraction of sp³-hybridized carbons (Fsp3) is 0.136. The first-order chi connectivity index (χ1) is 15.7. The number of benzene rings is 2. The Labute approximate surface area is 187 Å². The van der Waals surface area contributed by atoms with E-state index in [1.54, 1.807) is 12.1 Å². The molecule has 11 nitrogen and oxygen atoms in total. The van der Waals surface area contributed by atoms with Gasteiger partial charge in [0.25, 0.3) is 17.5 Å². The molecular weight excluding hydrogens is 430 g/mol. The second kappa shape index (κ2) is 8.46. The zero-order valence-electron chi connectivity index (χ0n) is 17.6. The minimum atomic E-state index is -0.910. The van der Waals surface area contributed by atoms with E-state index < -0.39 is 34.9 Å². The number of aryl methyl sites for hydroxylation is 2. The average Bonchev–Trinajstić information content (AvgIpc) is 2.99. The maximum Gasteiger partial charge on any atom is 0.331 e. The van der Waals surface area contributed by atoms with Gasteiger partial charge in [0.1, 0.15) is 17.9 Å². The number of nitro benzene ring substituents is 1. The summed E-state index contributed by atoms with van der Waals surface area (Å²) in [5.41, 5.74) is 1.35. The zero-order chi connectivity index (χ0) is 23.7. The van der Waals surface area contributed by atoms with Crippen LogP contribution in [0.2, 0.25) is 0 Å². The first-order valence-electron chi connectivity index (χ1n) is 9.76. The maximum atomic E-state index is 12.6. The van der Waals surface area contributed by atoms with Gasteiger partial charge in [-0.05, 0) is 50.2 Å². The van der Waals surface area contributed by atoms with Crippen LogP contribution in [0.15, 0.2) is 48.5 Å². The lowest BCUT2D eigenvalue weighted by Crippen LogP contribution is -2.36. The summed E-state index contributed by atoms with van der Waals surface area (Å²) in [4.78, 5) is 57.0. The van der Waals surface area contributed by atoms with Crippen molar-refractivity contribution in [3.8, 4) is 5.75 Å². The Morgan fingerprint density at radius 3 is 2.36 bits per heavy atom. The van der Waals surface area contributed by atoms with Crippen LogP contribution in [0.4, 0.5) is 17.3 Å². The van der Waals surface area contributed by atoms with Crippen LogP contribution in [0.3, 0.4) is 0 Å². The highest BCUT2D eigenvalue weighted by Gasteiger charge is 2.41. The lowest BCUT2D eigenvalue weighted by molar-refractivity contribution is -0.385. The fourth-order valence-corrected chi connectivity index (χ4v) is 3.42. The Bertz CT molecular complexity index is 1280. The summed E-state index contributed by atoms with van der Waals surface area (Å²) in [6.45, 7) is 3.03. The van der Waals surface area contributed by atoms with Gasteiger partial charge in [0, 0.05) is 23.1 Å². The van der Waals surface area contributed by atoms with Crippen molar-refractivity contribution in [1.29, 1.82) is 0 Å². The Morgan fingerprint density at radius 1 is 1.06 bits per heavy atom. The number of rotatable bonds is 6. The molecule has 2 amide bonds. The Kier molecular flexibility index (Phi) is 5.53. The quantitative estimate of drug-likeness (QED) is 0.198. The van der Waals surface area contributed by atoms with Crippen molar-refractivity contribution in [2.45, 2.75) is 13.8 Å². The standard InChI is InChI=1S/C22H17N5O6/c1-12-10-13(2)24-22(23-12)25-14-6-8-15(9-7-14)33-18(28)11-26-20(29)16-4-3-5-17(27(31)32)19(16)21(26)30/h3-10H,11H2,1-2H3,(H,23,24,25). The molecule has 1 aliphatic heterocycles. The molecule has 1 aromatic heterocycles. The van der Waals surface area contributed by atoms with Crippen LogP contribution in [-0.4, -0.2) is 44.1 Å². The normalized spacial score (nSPS) is 12.5. The number of amides is 2. The van der Waals surface area contributed by atoms with Crippen molar-refractivity contribution in [3.05, 3.63) is 81.2 Å². The molecule has 2 aromatic carbocycles. The Morgan fingerprint density at radius 2 is 1.73 bits per heavy atom. The molecule has 1 N–H and O–H groups in total. The van der Waals surface area contributed by atoms with E-state index in [9.17, 15) is 24.5 Å². The number of nitro groups is 1. The number of esters is 1. The van der Waals surface area contributed by atoms with E-state index in [1.807, 2.05) is 19.9 Å². The zero-order valence-corrected chi connectivity index (χ0v) is 17.6. The van der Waals surface area contributed by atoms with Gasteiger partial charge < -0.3 is 10.1 Å². The number of nitrogens with one attached hydrogen (secondary N) is 1. The summed E-state index contributed by atoms with van der Waals surface area (Å²) in [5, 5.41) is 14.2. The summed E-state index contributed by atoms with van der Waals surface area (Å²) < 4.78 is 5.21. The number of anilines is 2. The number of hydrogen-bond donors (Lipinski definition) is 1. The number of fused-ring (bicyclic) bond motifs is 1. The molecule has 0 atom stereocenters. The smallest absolute Gasteiger partial charge is 0.331 e. The van der Waals surface area contributed by atoms with Gasteiger partial charge in [-0.25, -0.2) is 14.8 Å². The third-order valence-electron chi connectivity index (χ3n) is 4.79. The third kappa shape index (κ3) is 4.37. The van der Waals surface area contributed by atoms with Crippen molar-refractivity contribution in [3.63, 3.8) is 0 Å². The van der Waals surface area contributed by atoms with Gasteiger partial charge in [-0.2, -0.15) is 0 Å². The van der Waals surface area contributed by atoms with Crippen molar-refractivity contribution in [1.82, 2.24) is 14.9 Å². The van der Waals surface area contributed by atoms with Gasteiger partial charge in [-0.1, -0.05) is 6.07 Å². The molecule has 166 valence electrons. The molecule has 33 heavy (non-hydrogen) atoms. The molecule has 0 bridgehead atoms. The number of hydrogen-bond acceptors (Lipinski definition) is 9. The van der Waals surface area contributed by atoms with Gasteiger partial charge in [0.15, 0.2) is 0 Å². The average molecular weight is 447 g/mol. The number of carbonyl (C=O) groups is 3. The SMILES string of the molecule is Cc1cc(C)nc(Nc2ccc(OC(=O)CN3C(=O)c4cccc([N+](=O)[O-])c4C3=O)cc2)n1. The number of ether oxygens (including phenoxy) is 1. The maximum absolute atomic E-state index is 12.6. The second-order valence-corrected chi connectivity index (χ2v) is 7.25. The van der Waals surface area contributed by atoms with E-state index >= 15 is 0 Å². The summed E-state index contributed by atoms with van der Waals surface area (Å²) in [7, 11) is 0. The second-order valence-electron chi connectivity index (χ2n) is 7.25. The fourth-order valence-electron chi connectivity index (χ4n) is 3.42. The van der Waals surface area contributed by atoms with Gasteiger partial charge in [-0.15, -0.1) is 0 Å². The van der Waals surface area contributed by atoms with Crippen molar-refractivity contribution in [2.24, 2.45) is 0 Å². The van der Waals surface area contributed by atoms with Gasteiger partial charge in [-0.3, -0.25) is 24.6 Å². The number of aromatic nitrogens is 2. The van der Waals surface area contributed by atoms with Crippen molar-refractivity contribution < 1.29 is 24.0 Å². The van der Waals surface area contributed by atoms with E-state index in [-0.39, 0.29) is 16.9 Å². The van der Waals surface area contributed by atoms with Gasteiger partial charge >= 0.3 is 5.97 Å². The molecule has 4 rings (SSSR count). The van der Waals surface area contributed by atoms with Crippen LogP contribution in [0.25, 0.3) is 0 Å². The molecule has 1 aliphatic rings. The molecule has 0 radical (unpaired) electrons. The Balaban J connectivity index is 1.42. The molecule has 2 heterocycles. The van der Waals surface area contributed by atoms with Crippen LogP contribution in [0, 0.1) is 24.0 Å². The molecule has 0 spiro atoms. The number of carbonyl (C=O) groups excluding carboxylic acids is 3. The van der Waals surface area contributed by atoms with Crippen LogP contribution in [0.5, 0.6) is 5.75 Å². The van der Waals surface area contributed by atoms with E-state index in [1.165, 1.54) is 24.3 Å². The first kappa shape index (κ1) is 21.6. The highest BCUT2D eigenvalue weighted by molar-refractivity contribution is 6.24. The first-order valence-corrected chi connectivity index (χ1v) is 9.76. The Hall–Kier alpha value is -4.67. The minimum absolute atomic E-state index is 0.119. The number of imide groups is 1. The topological polar surface area (TPSA) is 145 Å². The molecular formula is C22H17N5O6. The van der Waals surface area contributed by atoms with E-state index in [2.05, 4.69) is 15.3 Å². The summed E-state index contributed by atoms with van der Waals surface area (Å²) >= 11 is 0. The summed E-state index contributed by atoms with van der Waals surface area (Å²) in [5.74, 6) is -1.95. The molecule has 11 heteroatoms. The van der Waals surface area contributed by atoms with E-state index in [0.29, 0.717) is 16.5 Å². The lowest BCUT2D eigenvalue weighted by atomic mass is 10.1. The van der Waals surface area contributed by atoms with Crippen LogP contribution in [-0.2, 0) is 4.79 Å². The lowest BCUT2D eigenvalue weighted by Gasteiger charge is -2.13. The molecule has 0 saturated heterocycles. The minimum Gasteiger partial charge on any atom is -0.425 e. The largest absolute Gasteiger partial charge is 0.425 e. The molecule has 0 unspecified atom stereocenters. The van der Waals surface area contributed by atoms with Gasteiger partial charge in [0.2, 0.25) is 5.95 Å². The predicted molar refractivity (Wildman–Crippen MR) is 115 cm³/mol. The highest BCUT2D eigenvalue weighted by Crippen LogP contribution is 2.30. The highest BCUT2D eigenvalue weighted by atomic mass is 16.6. The van der Waals surface area contributed by atoms with Crippen LogP contribution < -0.4 is 10.1 Å². The molecule has 0 fully saturated rings. The predicted octanol–water partition coefficient (Wildman–Crippen LogP) is 2.95. The third-order valence-corrected chi connectivity index (χ3v) is 4.79. The summed E-state index contributed by atoms with van der Waals surface area (Å²) in [6, 6.07) is 11.9. The molecule has 3 aromatic rings. The van der Waals surface area contributed by atoms with Crippen LogP contribution >= 0.6 is 0 Å².